The van der Waals surface area contributed by atoms with Crippen LogP contribution in [-0.2, 0) is 5.54 Å². The van der Waals surface area contributed by atoms with E-state index in [0.717, 1.165) is 5.75 Å². The largest absolute Gasteiger partial charge is 0.492 e. The van der Waals surface area contributed by atoms with Crippen LogP contribution < -0.4 is 15.2 Å². The molecule has 2 rings (SSSR count). The SMILES string of the molecule is Cc1cc(C)cc(OCCN(C)c2cnn(C(C)(C)C)c(=O)c2Cl)c1. The summed E-state index contributed by atoms with van der Waals surface area (Å²) >= 11 is 6.28. The van der Waals surface area contributed by atoms with Crippen molar-refractivity contribution < 1.29 is 4.74 Å². The van der Waals surface area contributed by atoms with Crippen LogP contribution in [-0.4, -0.2) is 30.0 Å². The van der Waals surface area contributed by atoms with Gasteiger partial charge in [0.25, 0.3) is 5.56 Å². The number of rotatable bonds is 5. The molecule has 5 nitrogen and oxygen atoms in total. The van der Waals surface area contributed by atoms with Crippen molar-refractivity contribution in [1.29, 1.82) is 0 Å². The summed E-state index contributed by atoms with van der Waals surface area (Å²) in [4.78, 5) is 14.3. The summed E-state index contributed by atoms with van der Waals surface area (Å²) in [6.07, 6.45) is 1.63. The summed E-state index contributed by atoms with van der Waals surface area (Å²) in [6.45, 7) is 10.9. The van der Waals surface area contributed by atoms with Crippen molar-refractivity contribution >= 4 is 17.3 Å². The highest BCUT2D eigenvalue weighted by atomic mass is 35.5. The Morgan fingerprint density at radius 2 is 1.80 bits per heavy atom. The Morgan fingerprint density at radius 3 is 2.36 bits per heavy atom. The van der Waals surface area contributed by atoms with Crippen molar-refractivity contribution in [1.82, 2.24) is 9.78 Å². The summed E-state index contributed by atoms with van der Waals surface area (Å²) in [5.74, 6) is 0.846. The summed E-state index contributed by atoms with van der Waals surface area (Å²) in [5.41, 5.74) is 2.25. The van der Waals surface area contributed by atoms with Gasteiger partial charge in [-0.2, -0.15) is 5.10 Å². The zero-order valence-corrected chi connectivity index (χ0v) is 16.5. The number of halogens is 1. The van der Waals surface area contributed by atoms with E-state index >= 15 is 0 Å². The van der Waals surface area contributed by atoms with Gasteiger partial charge in [0, 0.05) is 7.05 Å². The molecule has 0 spiro atoms. The highest BCUT2D eigenvalue weighted by Gasteiger charge is 2.20. The molecular weight excluding hydrogens is 338 g/mol. The van der Waals surface area contributed by atoms with Gasteiger partial charge in [0.1, 0.15) is 17.4 Å². The van der Waals surface area contributed by atoms with E-state index in [4.69, 9.17) is 16.3 Å². The van der Waals surface area contributed by atoms with Gasteiger partial charge in [-0.25, -0.2) is 4.68 Å². The molecule has 0 aliphatic carbocycles. The van der Waals surface area contributed by atoms with Gasteiger partial charge in [-0.05, 0) is 57.9 Å². The van der Waals surface area contributed by atoms with Gasteiger partial charge in [0.15, 0.2) is 0 Å². The van der Waals surface area contributed by atoms with Crippen molar-refractivity contribution in [3.05, 3.63) is 50.9 Å². The second-order valence-corrected chi connectivity index (χ2v) is 7.70. The van der Waals surface area contributed by atoms with Crippen LogP contribution in [0.1, 0.15) is 31.9 Å². The van der Waals surface area contributed by atoms with Crippen molar-refractivity contribution in [3.63, 3.8) is 0 Å². The maximum absolute atomic E-state index is 12.4. The Kier molecular flexibility index (Phi) is 5.78. The number of aromatic nitrogens is 2. The molecule has 0 N–H and O–H groups in total. The van der Waals surface area contributed by atoms with Crippen LogP contribution in [0.2, 0.25) is 5.02 Å². The fraction of sp³-hybridized carbons (Fsp3) is 0.474. The first-order valence-electron chi connectivity index (χ1n) is 8.30. The molecule has 6 heteroatoms. The predicted octanol–water partition coefficient (Wildman–Crippen LogP) is 3.78. The topological polar surface area (TPSA) is 47.4 Å². The third-order valence-corrected chi connectivity index (χ3v) is 4.19. The predicted molar refractivity (Wildman–Crippen MR) is 103 cm³/mol. The molecule has 0 amide bonds. The average Bonchev–Trinajstić information content (AvgIpc) is 2.47. The fourth-order valence-electron chi connectivity index (χ4n) is 2.61. The first-order valence-corrected chi connectivity index (χ1v) is 8.68. The molecule has 1 aromatic heterocycles. The number of hydrogen-bond donors (Lipinski definition) is 0. The molecule has 2 aromatic rings. The van der Waals surface area contributed by atoms with Crippen LogP contribution in [0.3, 0.4) is 0 Å². The minimum Gasteiger partial charge on any atom is -0.492 e. The van der Waals surface area contributed by atoms with Crippen LogP contribution in [0, 0.1) is 13.8 Å². The van der Waals surface area contributed by atoms with Crippen molar-refractivity contribution in [3.8, 4) is 5.75 Å². The second-order valence-electron chi connectivity index (χ2n) is 7.33. The second kappa shape index (κ2) is 7.48. The lowest BCUT2D eigenvalue weighted by atomic mass is 10.1. The van der Waals surface area contributed by atoms with E-state index in [9.17, 15) is 4.79 Å². The van der Waals surface area contributed by atoms with E-state index in [0.29, 0.717) is 18.8 Å². The van der Waals surface area contributed by atoms with Crippen LogP contribution >= 0.6 is 11.6 Å². The van der Waals surface area contributed by atoms with E-state index < -0.39 is 5.54 Å². The number of anilines is 1. The first-order chi connectivity index (χ1) is 11.6. The normalized spacial score (nSPS) is 11.5. The van der Waals surface area contributed by atoms with E-state index in [1.165, 1.54) is 15.8 Å². The van der Waals surface area contributed by atoms with E-state index in [-0.39, 0.29) is 10.6 Å². The fourth-order valence-corrected chi connectivity index (χ4v) is 2.88. The number of aryl methyl sites for hydroxylation is 2. The molecule has 0 atom stereocenters. The van der Waals surface area contributed by atoms with Crippen molar-refractivity contribution in [2.75, 3.05) is 25.1 Å². The Bertz CT molecular complexity index is 789. The summed E-state index contributed by atoms with van der Waals surface area (Å²) < 4.78 is 7.22. The molecule has 0 saturated carbocycles. The number of ether oxygens (including phenoxy) is 1. The molecule has 0 saturated heterocycles. The molecule has 0 aliphatic rings. The van der Waals surface area contributed by atoms with Gasteiger partial charge in [-0.1, -0.05) is 17.7 Å². The Balaban J connectivity index is 2.07. The molecule has 0 aliphatic heterocycles. The molecule has 1 aromatic carbocycles. The molecule has 0 bridgehead atoms. The molecular formula is C19H26ClN3O2. The van der Waals surface area contributed by atoms with Crippen molar-refractivity contribution in [2.45, 2.75) is 40.2 Å². The van der Waals surface area contributed by atoms with Crippen LogP contribution in [0.4, 0.5) is 5.69 Å². The van der Waals surface area contributed by atoms with E-state index in [1.54, 1.807) is 6.20 Å². The number of hydrogen-bond acceptors (Lipinski definition) is 4. The van der Waals surface area contributed by atoms with Gasteiger partial charge in [0.05, 0.1) is 24.0 Å². The summed E-state index contributed by atoms with van der Waals surface area (Å²) in [6, 6.07) is 6.12. The molecule has 0 unspecified atom stereocenters. The third-order valence-electron chi connectivity index (χ3n) is 3.84. The maximum atomic E-state index is 12.4. The Hall–Kier alpha value is -2.01. The standard InChI is InChI=1S/C19H26ClN3O2/c1-13-9-14(2)11-15(10-13)25-8-7-22(6)16-12-21-23(19(3,4)5)18(24)17(16)20/h9-12H,7-8H2,1-6H3. The number of nitrogens with zero attached hydrogens (tertiary/aromatic N) is 3. The quantitative estimate of drug-likeness (QED) is 0.811. The van der Waals surface area contributed by atoms with Crippen LogP contribution in [0.15, 0.2) is 29.2 Å². The Labute approximate surface area is 154 Å². The lowest BCUT2D eigenvalue weighted by Gasteiger charge is -2.24. The summed E-state index contributed by atoms with van der Waals surface area (Å²) in [5, 5.41) is 4.44. The van der Waals surface area contributed by atoms with Crippen LogP contribution in [0.25, 0.3) is 0 Å². The van der Waals surface area contributed by atoms with Gasteiger partial charge < -0.3 is 9.64 Å². The number of likely N-dealkylation sites (N-methyl/N-ethyl adjacent to an activating group) is 1. The zero-order valence-electron chi connectivity index (χ0n) is 15.8. The van der Waals surface area contributed by atoms with Gasteiger partial charge in [0.2, 0.25) is 0 Å². The maximum Gasteiger partial charge on any atom is 0.288 e. The Morgan fingerprint density at radius 1 is 1.20 bits per heavy atom. The first kappa shape index (κ1) is 19.3. The lowest BCUT2D eigenvalue weighted by Crippen LogP contribution is -2.37. The minimum absolute atomic E-state index is 0.179. The van der Waals surface area contributed by atoms with E-state index in [1.807, 2.05) is 58.7 Å². The van der Waals surface area contributed by atoms with Gasteiger partial charge in [-0.15, -0.1) is 0 Å². The number of benzene rings is 1. The molecule has 25 heavy (non-hydrogen) atoms. The molecule has 0 fully saturated rings. The third kappa shape index (κ3) is 4.75. The highest BCUT2D eigenvalue weighted by molar-refractivity contribution is 6.33. The molecule has 1 heterocycles. The summed E-state index contributed by atoms with van der Waals surface area (Å²) in [7, 11) is 1.87. The minimum atomic E-state index is -0.413. The van der Waals surface area contributed by atoms with E-state index in [2.05, 4.69) is 11.2 Å². The smallest absolute Gasteiger partial charge is 0.288 e. The van der Waals surface area contributed by atoms with Crippen LogP contribution in [0.5, 0.6) is 5.75 Å². The monoisotopic (exact) mass is 363 g/mol. The van der Waals surface area contributed by atoms with Crippen molar-refractivity contribution in [2.24, 2.45) is 0 Å². The molecule has 136 valence electrons. The molecule has 0 radical (unpaired) electrons. The zero-order chi connectivity index (χ0) is 18.8. The average molecular weight is 364 g/mol. The van der Waals surface area contributed by atoms with Gasteiger partial charge in [-0.3, -0.25) is 4.79 Å². The highest BCUT2D eigenvalue weighted by Crippen LogP contribution is 2.22. The lowest BCUT2D eigenvalue weighted by molar-refractivity contribution is 0.324. The van der Waals surface area contributed by atoms with Gasteiger partial charge >= 0.3 is 0 Å².